The minimum atomic E-state index is -1.68. The first-order valence-corrected chi connectivity index (χ1v) is 9.43. The summed E-state index contributed by atoms with van der Waals surface area (Å²) in [6.45, 7) is 12.9. The van der Waals surface area contributed by atoms with Crippen LogP contribution in [0.15, 0.2) is 0 Å². The fraction of sp³-hybridized carbons (Fsp3) is 0.846. The van der Waals surface area contributed by atoms with Crippen LogP contribution in [0.3, 0.4) is 0 Å². The fourth-order valence-electron chi connectivity index (χ4n) is 1.79. The molecule has 0 N–H and O–H groups in total. The molecule has 0 aromatic rings. The summed E-state index contributed by atoms with van der Waals surface area (Å²) < 4.78 is 15.9. The van der Waals surface area contributed by atoms with Crippen molar-refractivity contribution in [1.82, 2.24) is 0 Å². The van der Waals surface area contributed by atoms with Gasteiger partial charge in [-0.05, 0) is 26.9 Å². The van der Waals surface area contributed by atoms with Gasteiger partial charge in [-0.25, -0.2) is 9.59 Å². The summed E-state index contributed by atoms with van der Waals surface area (Å²) in [5.41, 5.74) is -2.43. The fourth-order valence-corrected chi connectivity index (χ4v) is 3.04. The zero-order valence-corrected chi connectivity index (χ0v) is 14.2. The number of ether oxygens (including phenoxy) is 2. The van der Waals surface area contributed by atoms with Crippen molar-refractivity contribution in [2.45, 2.75) is 53.3 Å². The molecular weight excluding hydrogens is 264 g/mol. The Bertz CT molecular complexity index is 301. The van der Waals surface area contributed by atoms with E-state index < -0.39 is 32.0 Å². The molecule has 5 nitrogen and oxygen atoms in total. The van der Waals surface area contributed by atoms with Crippen molar-refractivity contribution in [3.8, 4) is 0 Å². The van der Waals surface area contributed by atoms with Gasteiger partial charge in [0.15, 0.2) is 9.04 Å². The van der Waals surface area contributed by atoms with Crippen molar-refractivity contribution in [2.24, 2.45) is 5.41 Å². The summed E-state index contributed by atoms with van der Waals surface area (Å²) in [6.07, 6.45) is 0. The first-order chi connectivity index (χ1) is 8.63. The zero-order valence-electron chi connectivity index (χ0n) is 13.0. The molecule has 0 amide bonds. The Kier molecular flexibility index (Phi) is 6.72. The second kappa shape index (κ2) is 7.05. The van der Waals surface area contributed by atoms with Crippen LogP contribution < -0.4 is 0 Å². The van der Waals surface area contributed by atoms with Crippen molar-refractivity contribution >= 4 is 21.0 Å². The number of hydrogen-bond donors (Lipinski definition) is 0. The van der Waals surface area contributed by atoms with Gasteiger partial charge in [0.25, 0.3) is 5.60 Å². The Hall–Kier alpha value is -0.883. The van der Waals surface area contributed by atoms with Gasteiger partial charge in [0.2, 0.25) is 0 Å². The second-order valence-electron chi connectivity index (χ2n) is 5.54. The van der Waals surface area contributed by atoms with E-state index >= 15 is 0 Å². The van der Waals surface area contributed by atoms with Crippen molar-refractivity contribution in [1.29, 1.82) is 0 Å². The molecule has 0 saturated heterocycles. The van der Waals surface area contributed by atoms with Crippen molar-refractivity contribution < 1.29 is 23.5 Å². The summed E-state index contributed by atoms with van der Waals surface area (Å²) in [5, 5.41) is 0. The smallest absolute Gasteiger partial charge is 0.349 e. The molecule has 0 aromatic carbocycles. The van der Waals surface area contributed by atoms with Gasteiger partial charge in [0.1, 0.15) is 0 Å². The lowest BCUT2D eigenvalue weighted by atomic mass is 9.76. The third kappa shape index (κ3) is 4.04. The van der Waals surface area contributed by atoms with Gasteiger partial charge in [-0.15, -0.1) is 0 Å². The van der Waals surface area contributed by atoms with E-state index in [2.05, 4.69) is 0 Å². The molecule has 0 spiro atoms. The normalized spacial score (nSPS) is 12.4. The van der Waals surface area contributed by atoms with Crippen LogP contribution in [0.4, 0.5) is 0 Å². The standard InChI is InChI=1S/C13H26O5Si/c1-8-16-10(14)13(12(3,4)5,18-19(6)7)11(15)17-9-2/h19H,8-9H2,1-7H3. The molecular formula is C13H26O5Si. The number of carbonyl (C=O) groups excluding carboxylic acids is 2. The molecule has 0 atom stereocenters. The van der Waals surface area contributed by atoms with E-state index in [-0.39, 0.29) is 13.2 Å². The van der Waals surface area contributed by atoms with Gasteiger partial charge in [-0.3, -0.25) is 0 Å². The van der Waals surface area contributed by atoms with E-state index in [9.17, 15) is 9.59 Å². The van der Waals surface area contributed by atoms with Crippen LogP contribution in [0.2, 0.25) is 13.1 Å². The van der Waals surface area contributed by atoms with Crippen LogP contribution in [-0.2, 0) is 23.5 Å². The van der Waals surface area contributed by atoms with E-state index in [0.29, 0.717) is 0 Å². The van der Waals surface area contributed by atoms with Crippen molar-refractivity contribution in [3.63, 3.8) is 0 Å². The summed E-state index contributed by atoms with van der Waals surface area (Å²) in [6, 6.07) is 0. The maximum Gasteiger partial charge on any atom is 0.349 e. The number of esters is 2. The summed E-state index contributed by atoms with van der Waals surface area (Å²) in [7, 11) is -1.66. The second-order valence-corrected chi connectivity index (χ2v) is 7.87. The molecule has 112 valence electrons. The highest BCUT2D eigenvalue weighted by atomic mass is 28.3. The summed E-state index contributed by atoms with van der Waals surface area (Å²) in [5.74, 6) is -1.33. The van der Waals surface area contributed by atoms with Crippen LogP contribution in [0, 0.1) is 5.41 Å². The maximum absolute atomic E-state index is 12.3. The topological polar surface area (TPSA) is 61.8 Å². The van der Waals surface area contributed by atoms with E-state index in [1.165, 1.54) is 0 Å². The van der Waals surface area contributed by atoms with Crippen LogP contribution in [-0.4, -0.2) is 39.8 Å². The van der Waals surface area contributed by atoms with E-state index in [1.54, 1.807) is 34.6 Å². The van der Waals surface area contributed by atoms with E-state index in [4.69, 9.17) is 13.9 Å². The largest absolute Gasteiger partial charge is 0.463 e. The Balaban J connectivity index is 5.72. The monoisotopic (exact) mass is 290 g/mol. The predicted molar refractivity (Wildman–Crippen MR) is 75.4 cm³/mol. The predicted octanol–water partition coefficient (Wildman–Crippen LogP) is 1.90. The van der Waals surface area contributed by atoms with Crippen molar-refractivity contribution in [2.75, 3.05) is 13.2 Å². The molecule has 0 fully saturated rings. The Morgan fingerprint density at radius 1 is 0.947 bits per heavy atom. The lowest BCUT2D eigenvalue weighted by Gasteiger charge is -2.40. The molecule has 0 aliphatic heterocycles. The highest BCUT2D eigenvalue weighted by molar-refractivity contribution is 6.49. The summed E-state index contributed by atoms with van der Waals surface area (Å²) >= 11 is 0. The molecule has 0 unspecified atom stereocenters. The quantitative estimate of drug-likeness (QED) is 0.425. The van der Waals surface area contributed by atoms with Gasteiger partial charge in [0.05, 0.1) is 13.2 Å². The van der Waals surface area contributed by atoms with Crippen LogP contribution in [0.5, 0.6) is 0 Å². The van der Waals surface area contributed by atoms with Gasteiger partial charge < -0.3 is 13.9 Å². The molecule has 0 radical (unpaired) electrons. The third-order valence-electron chi connectivity index (χ3n) is 2.59. The average Bonchev–Trinajstić information content (AvgIpc) is 2.24. The van der Waals surface area contributed by atoms with Gasteiger partial charge in [0, 0.05) is 5.41 Å². The first kappa shape index (κ1) is 18.1. The number of hydrogen-bond acceptors (Lipinski definition) is 5. The zero-order chi connectivity index (χ0) is 15.3. The SMILES string of the molecule is CCOC(=O)C(O[SiH](C)C)(C(=O)OCC)C(C)(C)C. The lowest BCUT2D eigenvalue weighted by molar-refractivity contribution is -0.192. The first-order valence-electron chi connectivity index (χ1n) is 6.65. The van der Waals surface area contributed by atoms with Crippen LogP contribution in [0.1, 0.15) is 34.6 Å². The van der Waals surface area contributed by atoms with Crippen molar-refractivity contribution in [3.05, 3.63) is 0 Å². The Morgan fingerprint density at radius 3 is 1.53 bits per heavy atom. The Morgan fingerprint density at radius 2 is 1.32 bits per heavy atom. The summed E-state index contributed by atoms with van der Waals surface area (Å²) in [4.78, 5) is 24.7. The number of rotatable bonds is 6. The molecule has 19 heavy (non-hydrogen) atoms. The van der Waals surface area contributed by atoms with Crippen LogP contribution in [0.25, 0.3) is 0 Å². The minimum Gasteiger partial charge on any atom is -0.463 e. The lowest BCUT2D eigenvalue weighted by Crippen LogP contribution is -2.61. The molecule has 0 saturated carbocycles. The van der Waals surface area contributed by atoms with E-state index in [1.807, 2.05) is 13.1 Å². The molecule has 0 aliphatic rings. The number of carbonyl (C=O) groups is 2. The van der Waals surface area contributed by atoms with Gasteiger partial charge in [-0.2, -0.15) is 0 Å². The highest BCUT2D eigenvalue weighted by Gasteiger charge is 2.59. The molecule has 0 heterocycles. The highest BCUT2D eigenvalue weighted by Crippen LogP contribution is 2.37. The average molecular weight is 290 g/mol. The molecule has 0 aromatic heterocycles. The van der Waals surface area contributed by atoms with Gasteiger partial charge in [-0.1, -0.05) is 20.8 Å². The van der Waals surface area contributed by atoms with Gasteiger partial charge >= 0.3 is 11.9 Å². The van der Waals surface area contributed by atoms with Crippen LogP contribution >= 0.6 is 0 Å². The third-order valence-corrected chi connectivity index (χ3v) is 3.42. The molecule has 0 rings (SSSR count). The maximum atomic E-state index is 12.3. The molecule has 6 heteroatoms. The van der Waals surface area contributed by atoms with E-state index in [0.717, 1.165) is 0 Å². The molecule has 0 aliphatic carbocycles. The minimum absolute atomic E-state index is 0.194. The molecule has 0 bridgehead atoms. The Labute approximate surface area is 117 Å².